The van der Waals surface area contributed by atoms with Gasteiger partial charge >= 0.3 is 6.03 Å². The fourth-order valence-electron chi connectivity index (χ4n) is 2.49. The van der Waals surface area contributed by atoms with Crippen molar-refractivity contribution in [1.29, 1.82) is 0 Å². The fourth-order valence-corrected chi connectivity index (χ4v) is 2.49. The summed E-state index contributed by atoms with van der Waals surface area (Å²) in [4.78, 5) is 27.2. The molecule has 4 N–H and O–H groups in total. The number of aromatic nitrogens is 1. The summed E-state index contributed by atoms with van der Waals surface area (Å²) in [5, 5.41) is 5.60. The highest BCUT2D eigenvalue weighted by molar-refractivity contribution is 5.92. The van der Waals surface area contributed by atoms with Crippen LogP contribution in [-0.2, 0) is 13.2 Å². The lowest BCUT2D eigenvalue weighted by molar-refractivity contribution is 0.0999. The molecule has 0 unspecified atom stereocenters. The molecule has 142 valence electrons. The zero-order chi connectivity index (χ0) is 19.8. The van der Waals surface area contributed by atoms with Crippen LogP contribution in [0.5, 0.6) is 5.75 Å². The average Bonchev–Trinajstić information content (AvgIpc) is 2.72. The van der Waals surface area contributed by atoms with Crippen LogP contribution in [0.2, 0.25) is 0 Å². The lowest BCUT2D eigenvalue weighted by Gasteiger charge is -2.10. The summed E-state index contributed by atoms with van der Waals surface area (Å²) in [5.41, 5.74) is 8.04. The summed E-state index contributed by atoms with van der Waals surface area (Å²) in [5.74, 6) is -0.124. The Bertz CT molecular complexity index is 961. The Hall–Kier alpha value is -3.87. The third-order valence-electron chi connectivity index (χ3n) is 3.88. The van der Waals surface area contributed by atoms with Crippen molar-refractivity contribution in [3.63, 3.8) is 0 Å². The zero-order valence-corrected chi connectivity index (χ0v) is 15.1. The summed E-state index contributed by atoms with van der Waals surface area (Å²) < 4.78 is 5.65. The molecule has 1 heterocycles. The Kier molecular flexibility index (Phi) is 6.20. The number of nitrogens with one attached hydrogen (secondary N) is 2. The first kappa shape index (κ1) is 18.9. The molecule has 3 aromatic rings. The molecule has 1 aromatic heterocycles. The van der Waals surface area contributed by atoms with Crippen molar-refractivity contribution in [2.45, 2.75) is 13.2 Å². The molecular weight excluding hydrogens is 356 g/mol. The Labute approximate surface area is 162 Å². The summed E-state index contributed by atoms with van der Waals surface area (Å²) in [6.07, 6.45) is 2.89. The predicted octanol–water partition coefficient (Wildman–Crippen LogP) is 3.08. The van der Waals surface area contributed by atoms with Crippen molar-refractivity contribution in [1.82, 2.24) is 10.3 Å². The van der Waals surface area contributed by atoms with Crippen LogP contribution in [0.1, 0.15) is 21.5 Å². The Morgan fingerprint density at radius 2 is 1.75 bits per heavy atom. The van der Waals surface area contributed by atoms with Gasteiger partial charge in [0.25, 0.3) is 0 Å². The van der Waals surface area contributed by atoms with Crippen molar-refractivity contribution in [3.05, 3.63) is 89.7 Å². The molecule has 0 atom stereocenters. The van der Waals surface area contributed by atoms with Gasteiger partial charge in [-0.05, 0) is 29.3 Å². The quantitative estimate of drug-likeness (QED) is 0.589. The largest absolute Gasteiger partial charge is 0.487 e. The number of nitrogens with two attached hydrogens (primary N) is 1. The summed E-state index contributed by atoms with van der Waals surface area (Å²) in [6.45, 7) is 0.698. The van der Waals surface area contributed by atoms with Crippen LogP contribution in [-0.4, -0.2) is 16.9 Å². The highest BCUT2D eigenvalue weighted by Crippen LogP contribution is 2.16. The molecule has 0 aliphatic rings. The Morgan fingerprint density at radius 3 is 2.54 bits per heavy atom. The molecule has 0 radical (unpaired) electrons. The van der Waals surface area contributed by atoms with E-state index in [4.69, 9.17) is 10.5 Å². The van der Waals surface area contributed by atoms with Gasteiger partial charge in [0.05, 0.1) is 11.8 Å². The summed E-state index contributed by atoms with van der Waals surface area (Å²) >= 11 is 0. The lowest BCUT2D eigenvalue weighted by Crippen LogP contribution is -2.28. The van der Waals surface area contributed by atoms with E-state index in [0.717, 1.165) is 11.1 Å². The van der Waals surface area contributed by atoms with E-state index in [1.807, 2.05) is 48.5 Å². The van der Waals surface area contributed by atoms with Gasteiger partial charge in [0.15, 0.2) is 0 Å². The third-order valence-corrected chi connectivity index (χ3v) is 3.88. The number of primary amides is 1. The number of hydrogen-bond donors (Lipinski definition) is 3. The molecule has 2 aromatic carbocycles. The number of carbonyl (C=O) groups is 2. The van der Waals surface area contributed by atoms with E-state index in [1.54, 1.807) is 6.07 Å². The van der Waals surface area contributed by atoms with Crippen molar-refractivity contribution in [3.8, 4) is 5.75 Å². The van der Waals surface area contributed by atoms with Crippen molar-refractivity contribution < 1.29 is 14.3 Å². The number of ether oxygens (including phenoxy) is 1. The first-order chi connectivity index (χ1) is 13.6. The molecule has 0 aliphatic carbocycles. The highest BCUT2D eigenvalue weighted by Gasteiger charge is 2.05. The minimum Gasteiger partial charge on any atom is -0.487 e. The van der Waals surface area contributed by atoms with Gasteiger partial charge in [-0.25, -0.2) is 4.79 Å². The number of nitrogens with zero attached hydrogens (tertiary/aromatic N) is 1. The normalized spacial score (nSPS) is 10.1. The van der Waals surface area contributed by atoms with E-state index >= 15 is 0 Å². The molecule has 0 bridgehead atoms. The van der Waals surface area contributed by atoms with E-state index in [2.05, 4.69) is 15.6 Å². The second kappa shape index (κ2) is 9.18. The third kappa shape index (κ3) is 5.57. The van der Waals surface area contributed by atoms with Crippen molar-refractivity contribution in [2.24, 2.45) is 5.73 Å². The molecule has 7 nitrogen and oxygen atoms in total. The van der Waals surface area contributed by atoms with Gasteiger partial charge in [0.2, 0.25) is 5.91 Å². The highest BCUT2D eigenvalue weighted by atomic mass is 16.5. The number of amides is 3. The molecule has 28 heavy (non-hydrogen) atoms. The SMILES string of the molecule is NC(=O)c1cncc(OCc2cccc(NC(=O)NCc3ccccc3)c2)c1. The van der Waals surface area contributed by atoms with Crippen molar-refractivity contribution >= 4 is 17.6 Å². The van der Waals surface area contributed by atoms with Crippen LogP contribution in [0.3, 0.4) is 0 Å². The standard InChI is InChI=1S/C21H20N4O3/c22-20(26)17-10-19(13-23-12-17)28-14-16-7-4-8-18(9-16)25-21(27)24-11-15-5-2-1-3-6-15/h1-10,12-13H,11,14H2,(H2,22,26)(H2,24,25,27). The molecule has 0 aliphatic heterocycles. The van der Waals surface area contributed by atoms with Crippen LogP contribution >= 0.6 is 0 Å². The number of rotatable bonds is 7. The van der Waals surface area contributed by atoms with Crippen LogP contribution in [0.15, 0.2) is 73.1 Å². The molecule has 3 amide bonds. The first-order valence-corrected chi connectivity index (χ1v) is 8.65. The lowest BCUT2D eigenvalue weighted by atomic mass is 10.2. The fraction of sp³-hybridized carbons (Fsp3) is 0.0952. The monoisotopic (exact) mass is 376 g/mol. The molecular formula is C21H20N4O3. The number of benzene rings is 2. The second-order valence-electron chi connectivity index (χ2n) is 6.06. The van der Waals surface area contributed by atoms with Crippen LogP contribution < -0.4 is 21.1 Å². The number of carbonyl (C=O) groups excluding carboxylic acids is 2. The number of pyridine rings is 1. The topological polar surface area (TPSA) is 106 Å². The van der Waals surface area contributed by atoms with Gasteiger partial charge in [-0.2, -0.15) is 0 Å². The second-order valence-corrected chi connectivity index (χ2v) is 6.06. The molecule has 0 spiro atoms. The minimum absolute atomic E-state index is 0.255. The van der Waals surface area contributed by atoms with Crippen LogP contribution in [0, 0.1) is 0 Å². The zero-order valence-electron chi connectivity index (χ0n) is 15.1. The smallest absolute Gasteiger partial charge is 0.319 e. The first-order valence-electron chi connectivity index (χ1n) is 8.65. The maximum atomic E-state index is 12.1. The van der Waals surface area contributed by atoms with Gasteiger partial charge in [-0.1, -0.05) is 42.5 Å². The van der Waals surface area contributed by atoms with E-state index in [9.17, 15) is 9.59 Å². The Balaban J connectivity index is 1.54. The average molecular weight is 376 g/mol. The molecule has 7 heteroatoms. The summed E-state index contributed by atoms with van der Waals surface area (Å²) in [7, 11) is 0. The number of anilines is 1. The van der Waals surface area contributed by atoms with Crippen molar-refractivity contribution in [2.75, 3.05) is 5.32 Å². The van der Waals surface area contributed by atoms with E-state index in [1.165, 1.54) is 18.5 Å². The molecule has 3 rings (SSSR count). The number of urea groups is 1. The van der Waals surface area contributed by atoms with Crippen LogP contribution in [0.4, 0.5) is 10.5 Å². The van der Waals surface area contributed by atoms with E-state index in [0.29, 0.717) is 18.0 Å². The molecule has 0 saturated heterocycles. The van der Waals surface area contributed by atoms with Crippen LogP contribution in [0.25, 0.3) is 0 Å². The minimum atomic E-state index is -0.564. The number of hydrogen-bond acceptors (Lipinski definition) is 4. The van der Waals surface area contributed by atoms with E-state index in [-0.39, 0.29) is 18.2 Å². The van der Waals surface area contributed by atoms with Gasteiger partial charge in [-0.3, -0.25) is 9.78 Å². The maximum Gasteiger partial charge on any atom is 0.319 e. The van der Waals surface area contributed by atoms with Gasteiger partial charge in [0.1, 0.15) is 12.4 Å². The summed E-state index contributed by atoms with van der Waals surface area (Å²) in [6, 6.07) is 18.2. The van der Waals surface area contributed by atoms with E-state index < -0.39 is 5.91 Å². The van der Waals surface area contributed by atoms with Gasteiger partial charge in [-0.15, -0.1) is 0 Å². The van der Waals surface area contributed by atoms with Gasteiger partial charge < -0.3 is 21.1 Å². The predicted molar refractivity (Wildman–Crippen MR) is 106 cm³/mol. The maximum absolute atomic E-state index is 12.1. The molecule has 0 saturated carbocycles. The Morgan fingerprint density at radius 1 is 0.964 bits per heavy atom. The van der Waals surface area contributed by atoms with Gasteiger partial charge in [0, 0.05) is 18.4 Å². The molecule has 0 fully saturated rings.